The van der Waals surface area contributed by atoms with Crippen molar-refractivity contribution in [3.05, 3.63) is 0 Å². The summed E-state index contributed by atoms with van der Waals surface area (Å²) in [5.41, 5.74) is 0. The van der Waals surface area contributed by atoms with Crippen LogP contribution in [-0.4, -0.2) is 31.7 Å². The molecule has 0 saturated carbocycles. The first kappa shape index (κ1) is 16.0. The van der Waals surface area contributed by atoms with E-state index in [2.05, 4.69) is 34.9 Å². The van der Waals surface area contributed by atoms with Crippen LogP contribution in [0.5, 0.6) is 0 Å². The predicted octanol–water partition coefficient (Wildman–Crippen LogP) is 4.47. The predicted molar refractivity (Wildman–Crippen MR) is 74.7 cm³/mol. The minimum atomic E-state index is 0.849. The van der Waals surface area contributed by atoms with Crippen LogP contribution in [0, 0.1) is 5.92 Å². The molecule has 16 heavy (non-hydrogen) atoms. The third-order valence-electron chi connectivity index (χ3n) is 3.43. The van der Waals surface area contributed by atoms with Crippen LogP contribution in [0.4, 0.5) is 0 Å². The van der Waals surface area contributed by atoms with Gasteiger partial charge in [-0.05, 0) is 25.2 Å². The summed E-state index contributed by atoms with van der Waals surface area (Å²) >= 11 is 0. The normalized spacial score (nSPS) is 12.4. The highest BCUT2D eigenvalue weighted by atomic mass is 15.3. The van der Waals surface area contributed by atoms with E-state index in [0.29, 0.717) is 0 Å². The summed E-state index contributed by atoms with van der Waals surface area (Å²) in [5.74, 6) is 0.849. The highest BCUT2D eigenvalue weighted by Crippen LogP contribution is 2.10. The van der Waals surface area contributed by atoms with Crippen LogP contribution in [0.15, 0.2) is 0 Å². The minimum Gasteiger partial charge on any atom is -0.328 e. The fraction of sp³-hybridized carbons (Fsp3) is 1.00. The molecule has 0 bridgehead atoms. The van der Waals surface area contributed by atoms with Crippen molar-refractivity contribution in [3.8, 4) is 0 Å². The first-order valence-corrected chi connectivity index (χ1v) is 7.30. The molecular weight excluding hydrogens is 194 g/mol. The lowest BCUT2D eigenvalue weighted by Crippen LogP contribution is -2.41. The maximum absolute atomic E-state index is 2.38. The van der Waals surface area contributed by atoms with Gasteiger partial charge in [-0.1, -0.05) is 46.5 Å². The molecule has 0 aliphatic heterocycles. The van der Waals surface area contributed by atoms with E-state index >= 15 is 0 Å². The molecule has 0 rings (SSSR count). The highest BCUT2D eigenvalue weighted by molar-refractivity contribution is 4.47. The van der Waals surface area contributed by atoms with Gasteiger partial charge in [0.05, 0.1) is 27.2 Å². The highest BCUT2D eigenvalue weighted by Gasteiger charge is 2.14. The summed E-state index contributed by atoms with van der Waals surface area (Å²) in [4.78, 5) is 0. The second-order valence-electron chi connectivity index (χ2n) is 6.33. The smallest absolute Gasteiger partial charge is 0.0784 e. The molecule has 0 radical (unpaired) electrons. The van der Waals surface area contributed by atoms with Crippen molar-refractivity contribution in [1.82, 2.24) is 0 Å². The molecule has 0 aliphatic rings. The second kappa shape index (κ2) is 9.04. The number of rotatable bonds is 10. The monoisotopic (exact) mass is 228 g/mol. The third-order valence-corrected chi connectivity index (χ3v) is 3.43. The molecule has 1 heteroatoms. The summed E-state index contributed by atoms with van der Waals surface area (Å²) in [5, 5.41) is 0. The molecule has 0 aromatic rings. The molecule has 0 heterocycles. The van der Waals surface area contributed by atoms with Crippen molar-refractivity contribution in [3.63, 3.8) is 0 Å². The van der Waals surface area contributed by atoms with Gasteiger partial charge in [-0.25, -0.2) is 0 Å². The molecular formula is C15H34N+. The molecule has 0 atom stereocenters. The van der Waals surface area contributed by atoms with Gasteiger partial charge in [-0.3, -0.25) is 0 Å². The zero-order valence-electron chi connectivity index (χ0n) is 12.4. The van der Waals surface area contributed by atoms with Crippen LogP contribution in [0.25, 0.3) is 0 Å². The van der Waals surface area contributed by atoms with E-state index in [0.717, 1.165) is 5.92 Å². The molecule has 0 spiro atoms. The minimum absolute atomic E-state index is 0.849. The van der Waals surface area contributed by atoms with Crippen molar-refractivity contribution >= 4 is 0 Å². The molecule has 0 aromatic heterocycles. The average Bonchev–Trinajstić information content (AvgIpc) is 2.21. The van der Waals surface area contributed by atoms with Crippen LogP contribution >= 0.6 is 0 Å². The topological polar surface area (TPSA) is 0 Å². The lowest BCUT2D eigenvalue weighted by molar-refractivity contribution is -0.891. The standard InChI is InChI=1S/C15H34N/c1-6-7-8-9-10-11-13-16(4,5)14-12-15(2)3/h15H,6-14H2,1-5H3/q+1. The number of quaternary nitrogens is 1. The SMILES string of the molecule is CCCCCCCC[N+](C)(C)CCC(C)C. The van der Waals surface area contributed by atoms with Gasteiger partial charge in [0.25, 0.3) is 0 Å². The Morgan fingerprint density at radius 3 is 1.94 bits per heavy atom. The quantitative estimate of drug-likeness (QED) is 0.382. The van der Waals surface area contributed by atoms with Gasteiger partial charge in [-0.15, -0.1) is 0 Å². The molecule has 98 valence electrons. The van der Waals surface area contributed by atoms with Crippen LogP contribution in [0.1, 0.15) is 65.7 Å². The molecule has 0 aromatic carbocycles. The Hall–Kier alpha value is -0.0400. The number of nitrogens with zero attached hydrogens (tertiary/aromatic N) is 1. The van der Waals surface area contributed by atoms with Crippen LogP contribution in [0.3, 0.4) is 0 Å². The van der Waals surface area contributed by atoms with Gasteiger partial charge < -0.3 is 4.48 Å². The van der Waals surface area contributed by atoms with E-state index in [1.807, 2.05) is 0 Å². The van der Waals surface area contributed by atoms with Crippen molar-refractivity contribution in [1.29, 1.82) is 0 Å². The fourth-order valence-corrected chi connectivity index (χ4v) is 2.04. The maximum Gasteiger partial charge on any atom is 0.0784 e. The summed E-state index contributed by atoms with van der Waals surface area (Å²) in [6.45, 7) is 9.63. The van der Waals surface area contributed by atoms with E-state index in [1.54, 1.807) is 0 Å². The Bertz CT molecular complexity index is 150. The Labute approximate surface area is 104 Å². The van der Waals surface area contributed by atoms with E-state index < -0.39 is 0 Å². The molecule has 0 amide bonds. The molecule has 1 nitrogen and oxygen atoms in total. The van der Waals surface area contributed by atoms with Crippen molar-refractivity contribution in [2.45, 2.75) is 65.7 Å². The largest absolute Gasteiger partial charge is 0.328 e. The fourth-order valence-electron chi connectivity index (χ4n) is 2.04. The summed E-state index contributed by atoms with van der Waals surface area (Å²) < 4.78 is 1.21. The van der Waals surface area contributed by atoms with Gasteiger partial charge in [0, 0.05) is 0 Å². The Balaban J connectivity index is 3.42. The molecule has 0 unspecified atom stereocenters. The van der Waals surface area contributed by atoms with Crippen LogP contribution in [0.2, 0.25) is 0 Å². The van der Waals surface area contributed by atoms with E-state index in [1.165, 1.54) is 62.5 Å². The van der Waals surface area contributed by atoms with Crippen LogP contribution in [-0.2, 0) is 0 Å². The average molecular weight is 228 g/mol. The summed E-state index contributed by atoms with van der Waals surface area (Å²) in [6, 6.07) is 0. The first-order valence-electron chi connectivity index (χ1n) is 7.30. The van der Waals surface area contributed by atoms with E-state index in [4.69, 9.17) is 0 Å². The summed E-state index contributed by atoms with van der Waals surface area (Å²) in [7, 11) is 4.77. The van der Waals surface area contributed by atoms with Gasteiger partial charge in [0.2, 0.25) is 0 Å². The van der Waals surface area contributed by atoms with Gasteiger partial charge in [0.1, 0.15) is 0 Å². The Morgan fingerprint density at radius 2 is 1.38 bits per heavy atom. The number of hydrogen-bond acceptors (Lipinski definition) is 0. The van der Waals surface area contributed by atoms with Crippen molar-refractivity contribution in [2.24, 2.45) is 5.92 Å². The molecule has 0 fully saturated rings. The third kappa shape index (κ3) is 10.5. The number of unbranched alkanes of at least 4 members (excludes halogenated alkanes) is 5. The maximum atomic E-state index is 2.38. The second-order valence-corrected chi connectivity index (χ2v) is 6.33. The van der Waals surface area contributed by atoms with E-state index in [-0.39, 0.29) is 0 Å². The van der Waals surface area contributed by atoms with Gasteiger partial charge >= 0.3 is 0 Å². The molecule has 0 N–H and O–H groups in total. The van der Waals surface area contributed by atoms with Crippen LogP contribution < -0.4 is 0 Å². The van der Waals surface area contributed by atoms with Gasteiger partial charge in [-0.2, -0.15) is 0 Å². The first-order chi connectivity index (χ1) is 7.48. The number of hydrogen-bond donors (Lipinski definition) is 0. The van der Waals surface area contributed by atoms with Crippen molar-refractivity contribution < 1.29 is 4.48 Å². The Morgan fingerprint density at radius 1 is 0.812 bits per heavy atom. The Kier molecular flexibility index (Phi) is 9.02. The lowest BCUT2D eigenvalue weighted by Gasteiger charge is -2.30. The zero-order valence-corrected chi connectivity index (χ0v) is 12.4. The molecule has 0 saturated heterocycles. The lowest BCUT2D eigenvalue weighted by atomic mass is 10.1. The van der Waals surface area contributed by atoms with E-state index in [9.17, 15) is 0 Å². The summed E-state index contributed by atoms with van der Waals surface area (Å²) in [6.07, 6.45) is 9.87. The van der Waals surface area contributed by atoms with Gasteiger partial charge in [0.15, 0.2) is 0 Å². The van der Waals surface area contributed by atoms with Crippen molar-refractivity contribution in [2.75, 3.05) is 27.2 Å². The molecule has 0 aliphatic carbocycles. The zero-order chi connectivity index (χ0) is 12.4.